The molecule has 0 radical (unpaired) electrons. The van der Waals surface area contributed by atoms with Crippen LogP contribution in [0.25, 0.3) is 16.9 Å². The van der Waals surface area contributed by atoms with Crippen molar-refractivity contribution < 1.29 is 4.79 Å². The maximum atomic E-state index is 13.3. The monoisotopic (exact) mass is 346 g/mol. The zero-order valence-electron chi connectivity index (χ0n) is 15.3. The number of carbonyl (C=O) groups is 1. The highest BCUT2D eigenvalue weighted by atomic mass is 16.1. The normalized spacial score (nSPS) is 29.6. The van der Waals surface area contributed by atoms with Crippen LogP contribution in [0.4, 0.5) is 0 Å². The number of nitrogens with zero attached hydrogens (tertiary/aromatic N) is 4. The highest BCUT2D eigenvalue weighted by Crippen LogP contribution is 2.67. The molecule has 1 aromatic carbocycles. The van der Waals surface area contributed by atoms with Crippen LogP contribution in [-0.2, 0) is 4.79 Å². The van der Waals surface area contributed by atoms with E-state index in [9.17, 15) is 4.79 Å². The zero-order valence-corrected chi connectivity index (χ0v) is 15.3. The molecule has 2 saturated carbocycles. The van der Waals surface area contributed by atoms with E-state index in [1.54, 1.807) is 4.52 Å². The summed E-state index contributed by atoms with van der Waals surface area (Å²) in [7, 11) is 0. The molecule has 2 bridgehead atoms. The van der Waals surface area contributed by atoms with Crippen LogP contribution in [0.2, 0.25) is 0 Å². The maximum Gasteiger partial charge on any atom is 0.177 e. The topological polar surface area (TPSA) is 60.1 Å². The number of carbonyl (C=O) groups excluding carboxylic acids is 1. The van der Waals surface area contributed by atoms with Gasteiger partial charge in [0.1, 0.15) is 5.78 Å². The predicted octanol–water partition coefficient (Wildman–Crippen LogP) is 3.90. The van der Waals surface area contributed by atoms with E-state index in [2.05, 4.69) is 31.0 Å². The number of hydrogen-bond donors (Lipinski definition) is 0. The van der Waals surface area contributed by atoms with Gasteiger partial charge in [-0.1, -0.05) is 51.1 Å². The van der Waals surface area contributed by atoms with Crippen molar-refractivity contribution in [1.29, 1.82) is 0 Å². The Hall–Kier alpha value is -2.56. The highest BCUT2D eigenvalue weighted by Gasteiger charge is 2.67. The van der Waals surface area contributed by atoms with E-state index in [4.69, 9.17) is 5.10 Å². The van der Waals surface area contributed by atoms with Crippen LogP contribution in [0.5, 0.6) is 0 Å². The lowest BCUT2D eigenvalue weighted by Gasteiger charge is -2.32. The van der Waals surface area contributed by atoms with Gasteiger partial charge in [-0.25, -0.2) is 0 Å². The maximum absolute atomic E-state index is 13.3. The first kappa shape index (κ1) is 15.7. The van der Waals surface area contributed by atoms with Crippen molar-refractivity contribution in [3.63, 3.8) is 0 Å². The molecule has 2 unspecified atom stereocenters. The molecule has 2 aromatic heterocycles. The largest absolute Gasteiger partial charge is 0.298 e. The third kappa shape index (κ3) is 1.81. The lowest BCUT2D eigenvalue weighted by atomic mass is 9.70. The van der Waals surface area contributed by atoms with Gasteiger partial charge in [0.2, 0.25) is 0 Å². The molecule has 0 saturated heterocycles. The molecule has 5 rings (SSSR count). The van der Waals surface area contributed by atoms with Crippen molar-refractivity contribution in [1.82, 2.24) is 19.8 Å². The highest BCUT2D eigenvalue weighted by molar-refractivity contribution is 5.95. The SMILES string of the molecule is CC12CCC([C@H](c3nnc4ccc(-c5ccccc5)nn34)C1=O)C2(C)C. The van der Waals surface area contributed by atoms with Crippen LogP contribution in [0, 0.1) is 16.7 Å². The molecule has 2 aliphatic rings. The lowest BCUT2D eigenvalue weighted by Crippen LogP contribution is -2.33. The molecular weight excluding hydrogens is 324 g/mol. The van der Waals surface area contributed by atoms with Crippen LogP contribution in [-0.4, -0.2) is 25.6 Å². The third-order valence-electron chi connectivity index (χ3n) is 7.17. The summed E-state index contributed by atoms with van der Waals surface area (Å²) in [5.41, 5.74) is 2.31. The van der Waals surface area contributed by atoms with E-state index >= 15 is 0 Å². The second kappa shape index (κ2) is 5.00. The summed E-state index contributed by atoms with van der Waals surface area (Å²) in [5.74, 6) is 1.09. The van der Waals surface area contributed by atoms with Crippen LogP contribution < -0.4 is 0 Å². The number of hydrogen-bond acceptors (Lipinski definition) is 4. The molecule has 26 heavy (non-hydrogen) atoms. The standard InChI is InChI=1S/C21H22N4O/c1-20(2)14-11-12-21(20,3)18(26)17(14)19-23-22-16-10-9-15(24-25(16)19)13-7-5-4-6-8-13/h4-10,14,17H,11-12H2,1-3H3/t14?,17-,21?/m0/s1. The Bertz CT molecular complexity index is 1020. The number of fused-ring (bicyclic) bond motifs is 3. The summed E-state index contributed by atoms with van der Waals surface area (Å²) in [5, 5.41) is 13.5. The van der Waals surface area contributed by atoms with Crippen molar-refractivity contribution in [2.24, 2.45) is 16.7 Å². The van der Waals surface area contributed by atoms with Crippen LogP contribution in [0.3, 0.4) is 0 Å². The Balaban J connectivity index is 1.66. The van der Waals surface area contributed by atoms with Gasteiger partial charge in [-0.3, -0.25) is 4.79 Å². The Morgan fingerprint density at radius 1 is 1.04 bits per heavy atom. The second-order valence-electron chi connectivity index (χ2n) is 8.45. The van der Waals surface area contributed by atoms with Crippen LogP contribution in [0.1, 0.15) is 45.4 Å². The van der Waals surface area contributed by atoms with Gasteiger partial charge in [0.05, 0.1) is 11.6 Å². The molecule has 0 spiro atoms. The Labute approximate surface area is 152 Å². The van der Waals surface area contributed by atoms with Gasteiger partial charge in [-0.15, -0.1) is 10.2 Å². The van der Waals surface area contributed by atoms with Crippen LogP contribution in [0.15, 0.2) is 42.5 Å². The second-order valence-corrected chi connectivity index (χ2v) is 8.45. The summed E-state index contributed by atoms with van der Waals surface area (Å²) < 4.78 is 1.78. The summed E-state index contributed by atoms with van der Waals surface area (Å²) >= 11 is 0. The Kier molecular flexibility index (Phi) is 3.01. The Morgan fingerprint density at radius 3 is 2.50 bits per heavy atom. The molecular formula is C21H22N4O. The van der Waals surface area contributed by atoms with E-state index in [0.717, 1.165) is 24.1 Å². The van der Waals surface area contributed by atoms with Gasteiger partial charge in [0.25, 0.3) is 0 Å². The van der Waals surface area contributed by atoms with Crippen molar-refractivity contribution in [2.45, 2.75) is 39.5 Å². The average molecular weight is 346 g/mol. The van der Waals surface area contributed by atoms with E-state index in [1.807, 2.05) is 42.5 Å². The molecule has 2 aliphatic carbocycles. The van der Waals surface area contributed by atoms with Gasteiger partial charge in [0.15, 0.2) is 11.5 Å². The minimum Gasteiger partial charge on any atom is -0.298 e. The molecule has 3 atom stereocenters. The van der Waals surface area contributed by atoms with Gasteiger partial charge in [-0.2, -0.15) is 9.61 Å². The average Bonchev–Trinajstić information content (AvgIpc) is 3.20. The molecule has 3 aromatic rings. The smallest absolute Gasteiger partial charge is 0.177 e. The van der Waals surface area contributed by atoms with E-state index in [-0.39, 0.29) is 16.7 Å². The first-order valence-corrected chi connectivity index (χ1v) is 9.25. The summed E-state index contributed by atoms with van der Waals surface area (Å²) in [6.07, 6.45) is 2.03. The van der Waals surface area contributed by atoms with Gasteiger partial charge < -0.3 is 0 Å². The fourth-order valence-electron chi connectivity index (χ4n) is 5.15. The minimum atomic E-state index is -0.273. The van der Waals surface area contributed by atoms with Gasteiger partial charge >= 0.3 is 0 Å². The van der Waals surface area contributed by atoms with Crippen molar-refractivity contribution in [3.8, 4) is 11.3 Å². The Morgan fingerprint density at radius 2 is 1.81 bits per heavy atom. The van der Waals surface area contributed by atoms with Crippen LogP contribution >= 0.6 is 0 Å². The number of ketones is 1. The number of aromatic nitrogens is 4. The van der Waals surface area contributed by atoms with Crippen molar-refractivity contribution in [3.05, 3.63) is 48.3 Å². The first-order valence-electron chi connectivity index (χ1n) is 9.25. The fourth-order valence-corrected chi connectivity index (χ4v) is 5.15. The van der Waals surface area contributed by atoms with Crippen molar-refractivity contribution >= 4 is 11.4 Å². The summed E-state index contributed by atoms with van der Waals surface area (Å²) in [6, 6.07) is 13.9. The van der Waals surface area contributed by atoms with Crippen molar-refractivity contribution in [2.75, 3.05) is 0 Å². The third-order valence-corrected chi connectivity index (χ3v) is 7.17. The molecule has 5 heteroatoms. The van der Waals surface area contributed by atoms with E-state index in [1.165, 1.54) is 0 Å². The molecule has 2 heterocycles. The quantitative estimate of drug-likeness (QED) is 0.706. The molecule has 0 N–H and O–H groups in total. The lowest BCUT2D eigenvalue weighted by molar-refractivity contribution is -0.129. The molecule has 2 fully saturated rings. The predicted molar refractivity (Wildman–Crippen MR) is 98.6 cm³/mol. The molecule has 0 aliphatic heterocycles. The zero-order chi connectivity index (χ0) is 18.1. The number of rotatable bonds is 2. The minimum absolute atomic E-state index is 0.0162. The van der Waals surface area contributed by atoms with Gasteiger partial charge in [0, 0.05) is 11.0 Å². The fraction of sp³-hybridized carbons (Fsp3) is 0.429. The van der Waals surface area contributed by atoms with E-state index in [0.29, 0.717) is 23.2 Å². The number of Topliss-reactive ketones (excluding diaryl/α,β-unsaturated/α-hetero) is 1. The summed E-state index contributed by atoms with van der Waals surface area (Å²) in [6.45, 7) is 6.59. The number of benzene rings is 1. The first-order chi connectivity index (χ1) is 12.4. The van der Waals surface area contributed by atoms with Gasteiger partial charge in [-0.05, 0) is 36.3 Å². The van der Waals surface area contributed by atoms with E-state index < -0.39 is 0 Å². The summed E-state index contributed by atoms with van der Waals surface area (Å²) in [4.78, 5) is 13.3. The molecule has 0 amide bonds. The molecule has 5 nitrogen and oxygen atoms in total. The molecule has 132 valence electrons.